The first-order valence-corrected chi connectivity index (χ1v) is 13.7. The average Bonchev–Trinajstić information content (AvgIpc) is 3.54. The van der Waals surface area contributed by atoms with Crippen molar-refractivity contribution in [1.29, 1.82) is 0 Å². The Morgan fingerprint density at radius 1 is 0.872 bits per heavy atom. The van der Waals surface area contributed by atoms with Crippen LogP contribution in [0.3, 0.4) is 0 Å². The van der Waals surface area contributed by atoms with Gasteiger partial charge in [0.15, 0.2) is 0 Å². The zero-order valence-electron chi connectivity index (χ0n) is 23.2. The monoisotopic (exact) mass is 553 g/mol. The van der Waals surface area contributed by atoms with Gasteiger partial charge in [-0.25, -0.2) is 4.79 Å². The van der Waals surface area contributed by atoms with E-state index in [1.54, 1.807) is 0 Å². The van der Waals surface area contributed by atoms with E-state index in [1.165, 1.54) is 9.80 Å². The summed E-state index contributed by atoms with van der Waals surface area (Å²) >= 11 is 0. The van der Waals surface area contributed by atoms with Crippen LogP contribution in [0.4, 0.5) is 0 Å². The van der Waals surface area contributed by atoms with Gasteiger partial charge >= 0.3 is 11.9 Å². The van der Waals surface area contributed by atoms with Gasteiger partial charge in [-0.15, -0.1) is 0 Å². The maximum absolute atomic E-state index is 13.5. The minimum absolute atomic E-state index is 0.0344. The number of carboxylic acids is 2. The van der Waals surface area contributed by atoms with Crippen LogP contribution in [0, 0.1) is 11.8 Å². The fraction of sp³-hybridized carbons (Fsp3) is 0.769. The molecule has 0 aromatic rings. The lowest BCUT2D eigenvalue weighted by molar-refractivity contribution is -0.147. The zero-order chi connectivity index (χ0) is 29.4. The molecule has 4 amide bonds. The molecule has 39 heavy (non-hydrogen) atoms. The second-order valence-electron chi connectivity index (χ2n) is 11.2. The van der Waals surface area contributed by atoms with Crippen molar-refractivity contribution in [1.82, 2.24) is 20.4 Å². The third-order valence-corrected chi connectivity index (χ3v) is 7.26. The minimum atomic E-state index is -1.42. The summed E-state index contributed by atoms with van der Waals surface area (Å²) in [5, 5.41) is 23.3. The summed E-state index contributed by atoms with van der Waals surface area (Å²) in [6.45, 7) is 8.11. The summed E-state index contributed by atoms with van der Waals surface area (Å²) in [6.07, 6.45) is 1.55. The highest BCUT2D eigenvalue weighted by Gasteiger charge is 2.43. The number of aliphatic carboxylic acids is 2. The zero-order valence-corrected chi connectivity index (χ0v) is 23.2. The molecule has 0 aromatic carbocycles. The SMILES string of the molecule is CC(C)C[C@H](NC(=O)[C@@H]1CCCN1C(=O)[C@@H]1CCCN1C(=O)[C@@H](N)C(C)C)C(=O)N[C@@H](CCC(=O)O)C(=O)O. The van der Waals surface area contributed by atoms with Crippen molar-refractivity contribution >= 4 is 35.6 Å². The van der Waals surface area contributed by atoms with E-state index in [-0.39, 0.29) is 36.5 Å². The van der Waals surface area contributed by atoms with E-state index in [2.05, 4.69) is 10.6 Å². The highest BCUT2D eigenvalue weighted by molar-refractivity contribution is 5.96. The number of amides is 4. The van der Waals surface area contributed by atoms with Crippen LogP contribution in [0.2, 0.25) is 0 Å². The molecule has 6 N–H and O–H groups in total. The maximum atomic E-state index is 13.5. The molecule has 0 radical (unpaired) electrons. The van der Waals surface area contributed by atoms with Gasteiger partial charge in [0.1, 0.15) is 24.2 Å². The van der Waals surface area contributed by atoms with Crippen LogP contribution in [0.5, 0.6) is 0 Å². The van der Waals surface area contributed by atoms with Crippen molar-refractivity contribution < 1.29 is 39.0 Å². The Bertz CT molecular complexity index is 939. The smallest absolute Gasteiger partial charge is 0.326 e. The van der Waals surface area contributed by atoms with Gasteiger partial charge in [-0.2, -0.15) is 0 Å². The van der Waals surface area contributed by atoms with E-state index in [0.717, 1.165) is 0 Å². The van der Waals surface area contributed by atoms with Gasteiger partial charge in [0, 0.05) is 19.5 Å². The maximum Gasteiger partial charge on any atom is 0.326 e. The van der Waals surface area contributed by atoms with Crippen molar-refractivity contribution in [2.45, 2.75) is 103 Å². The Morgan fingerprint density at radius 3 is 2.00 bits per heavy atom. The van der Waals surface area contributed by atoms with Gasteiger partial charge in [-0.05, 0) is 50.4 Å². The quantitative estimate of drug-likeness (QED) is 0.207. The number of hydrogen-bond acceptors (Lipinski definition) is 7. The fourth-order valence-electron chi connectivity index (χ4n) is 5.03. The number of carbonyl (C=O) groups is 6. The molecular weight excluding hydrogens is 510 g/mol. The van der Waals surface area contributed by atoms with Crippen LogP contribution >= 0.6 is 0 Å². The van der Waals surface area contributed by atoms with Crippen LogP contribution in [0.1, 0.15) is 72.6 Å². The predicted molar refractivity (Wildman–Crippen MR) is 140 cm³/mol. The molecule has 2 aliphatic heterocycles. The van der Waals surface area contributed by atoms with E-state index in [0.29, 0.717) is 38.8 Å². The number of rotatable bonds is 13. The first kappa shape index (κ1) is 32.0. The Hall–Kier alpha value is -3.22. The molecule has 220 valence electrons. The predicted octanol–water partition coefficient (Wildman–Crippen LogP) is -0.0832. The van der Waals surface area contributed by atoms with Crippen LogP contribution in [0.25, 0.3) is 0 Å². The van der Waals surface area contributed by atoms with Crippen LogP contribution in [-0.2, 0) is 28.8 Å². The van der Waals surface area contributed by atoms with Gasteiger partial charge in [0.25, 0.3) is 0 Å². The second kappa shape index (κ2) is 14.2. The third-order valence-electron chi connectivity index (χ3n) is 7.26. The van der Waals surface area contributed by atoms with Crippen molar-refractivity contribution in [2.75, 3.05) is 13.1 Å². The number of carboxylic acid groups (broad SMARTS) is 2. The first-order valence-electron chi connectivity index (χ1n) is 13.7. The summed E-state index contributed by atoms with van der Waals surface area (Å²) in [4.78, 5) is 78.1. The lowest BCUT2D eigenvalue weighted by atomic mass is 10.0. The number of nitrogens with zero attached hydrogens (tertiary/aromatic N) is 2. The number of carbonyl (C=O) groups excluding carboxylic acids is 4. The van der Waals surface area contributed by atoms with E-state index >= 15 is 0 Å². The second-order valence-corrected chi connectivity index (χ2v) is 11.2. The molecule has 0 spiro atoms. The summed E-state index contributed by atoms with van der Waals surface area (Å²) in [7, 11) is 0. The van der Waals surface area contributed by atoms with E-state index in [9.17, 15) is 33.9 Å². The molecule has 0 aromatic heterocycles. The summed E-state index contributed by atoms with van der Waals surface area (Å²) < 4.78 is 0. The number of nitrogens with one attached hydrogen (secondary N) is 2. The standard InChI is InChI=1S/C26H43N5O8/c1-14(2)13-17(22(34)28-16(26(38)39)9-10-20(32)33)29-23(35)18-7-5-11-30(18)24(36)19-8-6-12-31(19)25(37)21(27)15(3)4/h14-19,21H,5-13,27H2,1-4H3,(H,28,34)(H,29,35)(H,32,33)(H,38,39)/t16-,17-,18-,19-,21-/m0/s1. The summed E-state index contributed by atoms with van der Waals surface area (Å²) in [5.41, 5.74) is 6.06. The van der Waals surface area contributed by atoms with Crippen LogP contribution in [0.15, 0.2) is 0 Å². The molecule has 0 aliphatic carbocycles. The van der Waals surface area contributed by atoms with Crippen molar-refractivity contribution in [3.8, 4) is 0 Å². The molecule has 2 fully saturated rings. The minimum Gasteiger partial charge on any atom is -0.481 e. The van der Waals surface area contributed by atoms with Crippen molar-refractivity contribution in [3.63, 3.8) is 0 Å². The summed E-state index contributed by atoms with van der Waals surface area (Å²) in [5.74, 6) is -4.57. The van der Waals surface area contributed by atoms with Gasteiger partial charge in [0.2, 0.25) is 23.6 Å². The van der Waals surface area contributed by atoms with E-state index in [4.69, 9.17) is 10.8 Å². The number of likely N-dealkylation sites (tertiary alicyclic amines) is 2. The van der Waals surface area contributed by atoms with Crippen LogP contribution in [-0.4, -0.2) is 98.9 Å². The molecule has 0 unspecified atom stereocenters. The Morgan fingerprint density at radius 2 is 1.46 bits per heavy atom. The largest absolute Gasteiger partial charge is 0.481 e. The highest BCUT2D eigenvalue weighted by atomic mass is 16.4. The van der Waals surface area contributed by atoms with Gasteiger partial charge in [-0.1, -0.05) is 27.7 Å². The van der Waals surface area contributed by atoms with E-state index in [1.807, 2.05) is 27.7 Å². The van der Waals surface area contributed by atoms with Crippen molar-refractivity contribution in [3.05, 3.63) is 0 Å². The van der Waals surface area contributed by atoms with Gasteiger partial charge in [-0.3, -0.25) is 24.0 Å². The molecule has 2 saturated heterocycles. The van der Waals surface area contributed by atoms with Crippen molar-refractivity contribution in [2.24, 2.45) is 17.6 Å². The molecule has 2 heterocycles. The van der Waals surface area contributed by atoms with E-state index < -0.39 is 60.4 Å². The molecule has 5 atom stereocenters. The number of nitrogens with two attached hydrogens (primary N) is 1. The first-order chi connectivity index (χ1) is 18.2. The average molecular weight is 554 g/mol. The fourth-order valence-corrected chi connectivity index (χ4v) is 5.03. The molecule has 2 aliphatic rings. The molecule has 13 heteroatoms. The Labute approximate surface area is 228 Å². The molecule has 0 bridgehead atoms. The lowest BCUT2D eigenvalue weighted by Gasteiger charge is -2.33. The Kier molecular flexibility index (Phi) is 11.7. The van der Waals surface area contributed by atoms with Gasteiger partial charge < -0.3 is 36.4 Å². The molecular formula is C26H43N5O8. The van der Waals surface area contributed by atoms with Gasteiger partial charge in [0.05, 0.1) is 6.04 Å². The van der Waals surface area contributed by atoms with Crippen LogP contribution < -0.4 is 16.4 Å². The highest BCUT2D eigenvalue weighted by Crippen LogP contribution is 2.26. The molecule has 0 saturated carbocycles. The topological polar surface area (TPSA) is 199 Å². The molecule has 2 rings (SSSR count). The third kappa shape index (κ3) is 8.64. The number of hydrogen-bond donors (Lipinski definition) is 5. The normalized spacial score (nSPS) is 21.5. The lowest BCUT2D eigenvalue weighted by Crippen LogP contribution is -2.58. The Balaban J connectivity index is 2.13. The molecule has 13 nitrogen and oxygen atoms in total. The summed E-state index contributed by atoms with van der Waals surface area (Å²) in [6, 6.07) is -4.76.